The lowest BCUT2D eigenvalue weighted by Gasteiger charge is -2.34. The molecular formula is C19H23N5O3. The zero-order valence-corrected chi connectivity index (χ0v) is 15.5. The van der Waals surface area contributed by atoms with E-state index in [4.69, 9.17) is 4.74 Å². The summed E-state index contributed by atoms with van der Waals surface area (Å²) in [6, 6.07) is 9.28. The molecule has 8 heteroatoms. The molecule has 27 heavy (non-hydrogen) atoms. The van der Waals surface area contributed by atoms with Gasteiger partial charge in [-0.1, -0.05) is 18.2 Å². The van der Waals surface area contributed by atoms with Crippen LogP contribution < -0.4 is 10.1 Å². The smallest absolute Gasteiger partial charge is 0.272 e. The fourth-order valence-corrected chi connectivity index (χ4v) is 2.97. The first-order valence-corrected chi connectivity index (χ1v) is 8.82. The molecule has 1 aliphatic rings. The SMILES string of the molecule is COc1ccccc1CNc1nccc(C(=O)N2CCN(C(C)=O)CC2)n1. The topological polar surface area (TPSA) is 87.7 Å². The van der Waals surface area contributed by atoms with E-state index >= 15 is 0 Å². The van der Waals surface area contributed by atoms with Crippen molar-refractivity contribution in [3.63, 3.8) is 0 Å². The summed E-state index contributed by atoms with van der Waals surface area (Å²) in [6.45, 7) is 4.13. The van der Waals surface area contributed by atoms with Crippen molar-refractivity contribution in [2.75, 3.05) is 38.6 Å². The Morgan fingerprint density at radius 3 is 2.52 bits per heavy atom. The number of carbonyl (C=O) groups is 2. The Hall–Kier alpha value is -3.16. The second-order valence-electron chi connectivity index (χ2n) is 6.23. The average Bonchev–Trinajstić information content (AvgIpc) is 2.72. The van der Waals surface area contributed by atoms with Gasteiger partial charge in [0.15, 0.2) is 0 Å². The first-order valence-electron chi connectivity index (χ1n) is 8.82. The van der Waals surface area contributed by atoms with Gasteiger partial charge in [0.2, 0.25) is 11.9 Å². The largest absolute Gasteiger partial charge is 0.496 e. The number of carbonyl (C=O) groups excluding carboxylic acids is 2. The fourth-order valence-electron chi connectivity index (χ4n) is 2.97. The molecule has 0 bridgehead atoms. The molecule has 1 aliphatic heterocycles. The number of para-hydroxylation sites is 1. The van der Waals surface area contributed by atoms with E-state index in [1.807, 2.05) is 24.3 Å². The minimum atomic E-state index is -0.152. The predicted molar refractivity (Wildman–Crippen MR) is 101 cm³/mol. The highest BCUT2D eigenvalue weighted by atomic mass is 16.5. The molecule has 2 heterocycles. The van der Waals surface area contributed by atoms with E-state index in [-0.39, 0.29) is 11.8 Å². The standard InChI is InChI=1S/C19H23N5O3/c1-14(25)23-9-11-24(12-10-23)18(26)16-7-8-20-19(22-16)21-13-15-5-3-4-6-17(15)27-2/h3-8H,9-13H2,1-2H3,(H,20,21,22). The predicted octanol–water partition coefficient (Wildman–Crippen LogP) is 1.40. The van der Waals surface area contributed by atoms with Crippen molar-refractivity contribution in [2.45, 2.75) is 13.5 Å². The van der Waals surface area contributed by atoms with Crippen LogP contribution in [0.5, 0.6) is 5.75 Å². The van der Waals surface area contributed by atoms with Gasteiger partial charge in [0.05, 0.1) is 7.11 Å². The van der Waals surface area contributed by atoms with Crippen molar-refractivity contribution < 1.29 is 14.3 Å². The van der Waals surface area contributed by atoms with Crippen LogP contribution in [0.3, 0.4) is 0 Å². The van der Waals surface area contributed by atoms with Gasteiger partial charge < -0.3 is 19.9 Å². The third kappa shape index (κ3) is 4.52. The zero-order valence-electron chi connectivity index (χ0n) is 15.5. The summed E-state index contributed by atoms with van der Waals surface area (Å²) in [5.41, 5.74) is 1.31. The van der Waals surface area contributed by atoms with Crippen LogP contribution in [0.15, 0.2) is 36.5 Å². The van der Waals surface area contributed by atoms with E-state index in [9.17, 15) is 9.59 Å². The fraction of sp³-hybridized carbons (Fsp3) is 0.368. The van der Waals surface area contributed by atoms with Gasteiger partial charge in [-0.15, -0.1) is 0 Å². The van der Waals surface area contributed by atoms with Crippen molar-refractivity contribution in [1.82, 2.24) is 19.8 Å². The van der Waals surface area contributed by atoms with Gasteiger partial charge in [-0.2, -0.15) is 0 Å². The van der Waals surface area contributed by atoms with Crippen LogP contribution >= 0.6 is 0 Å². The number of nitrogens with one attached hydrogen (secondary N) is 1. The molecule has 142 valence electrons. The number of amides is 2. The van der Waals surface area contributed by atoms with Crippen molar-refractivity contribution in [2.24, 2.45) is 0 Å². The molecule has 1 saturated heterocycles. The molecular weight excluding hydrogens is 346 g/mol. The molecule has 0 radical (unpaired) electrons. The number of hydrogen-bond donors (Lipinski definition) is 1. The number of aromatic nitrogens is 2. The number of ether oxygens (including phenoxy) is 1. The third-order valence-electron chi connectivity index (χ3n) is 4.52. The van der Waals surface area contributed by atoms with Crippen LogP contribution in [0.1, 0.15) is 23.0 Å². The summed E-state index contributed by atoms with van der Waals surface area (Å²) in [7, 11) is 1.63. The van der Waals surface area contributed by atoms with Crippen LogP contribution in [0.4, 0.5) is 5.95 Å². The normalized spacial score (nSPS) is 14.0. The van der Waals surface area contributed by atoms with Crippen LogP contribution in [0.25, 0.3) is 0 Å². The zero-order chi connectivity index (χ0) is 19.2. The number of anilines is 1. The summed E-state index contributed by atoms with van der Waals surface area (Å²) in [4.78, 5) is 36.1. The maximum Gasteiger partial charge on any atom is 0.272 e. The molecule has 3 rings (SSSR count). The minimum absolute atomic E-state index is 0.0342. The highest BCUT2D eigenvalue weighted by Crippen LogP contribution is 2.18. The Morgan fingerprint density at radius 2 is 1.81 bits per heavy atom. The maximum atomic E-state index is 12.7. The minimum Gasteiger partial charge on any atom is -0.496 e. The molecule has 1 aromatic carbocycles. The van der Waals surface area contributed by atoms with Gasteiger partial charge in [0.25, 0.3) is 5.91 Å². The summed E-state index contributed by atoms with van der Waals surface area (Å²) < 4.78 is 5.33. The summed E-state index contributed by atoms with van der Waals surface area (Å²) in [5, 5.41) is 3.13. The molecule has 8 nitrogen and oxygen atoms in total. The van der Waals surface area contributed by atoms with Crippen molar-refractivity contribution in [3.8, 4) is 5.75 Å². The van der Waals surface area contributed by atoms with E-state index in [1.54, 1.807) is 36.1 Å². The van der Waals surface area contributed by atoms with Crippen molar-refractivity contribution >= 4 is 17.8 Å². The Labute approximate surface area is 158 Å². The van der Waals surface area contributed by atoms with Gasteiger partial charge in [0.1, 0.15) is 11.4 Å². The van der Waals surface area contributed by atoms with Crippen LogP contribution in [0.2, 0.25) is 0 Å². The third-order valence-corrected chi connectivity index (χ3v) is 4.52. The number of piperazine rings is 1. The number of methoxy groups -OCH3 is 1. The Kier molecular flexibility index (Phi) is 5.85. The van der Waals surface area contributed by atoms with Crippen molar-refractivity contribution in [1.29, 1.82) is 0 Å². The molecule has 1 aromatic heterocycles. The molecule has 0 saturated carbocycles. The molecule has 1 fully saturated rings. The molecule has 0 unspecified atom stereocenters. The van der Waals surface area contributed by atoms with E-state index in [0.29, 0.717) is 44.4 Å². The van der Waals surface area contributed by atoms with Crippen LogP contribution in [-0.2, 0) is 11.3 Å². The van der Waals surface area contributed by atoms with Gasteiger partial charge in [-0.05, 0) is 12.1 Å². The molecule has 0 spiro atoms. The quantitative estimate of drug-likeness (QED) is 0.857. The van der Waals surface area contributed by atoms with Gasteiger partial charge >= 0.3 is 0 Å². The van der Waals surface area contributed by atoms with E-state index in [1.165, 1.54) is 0 Å². The van der Waals surface area contributed by atoms with Crippen LogP contribution in [-0.4, -0.2) is 64.9 Å². The van der Waals surface area contributed by atoms with Gasteiger partial charge in [0, 0.05) is 51.4 Å². The van der Waals surface area contributed by atoms with E-state index in [2.05, 4.69) is 15.3 Å². The lowest BCUT2D eigenvalue weighted by Crippen LogP contribution is -2.50. The highest BCUT2D eigenvalue weighted by molar-refractivity contribution is 5.92. The van der Waals surface area contributed by atoms with E-state index < -0.39 is 0 Å². The molecule has 0 aliphatic carbocycles. The Balaban J connectivity index is 1.63. The Morgan fingerprint density at radius 1 is 1.11 bits per heavy atom. The summed E-state index contributed by atoms with van der Waals surface area (Å²) in [5.74, 6) is 1.04. The Bertz CT molecular complexity index is 818. The van der Waals surface area contributed by atoms with E-state index in [0.717, 1.165) is 11.3 Å². The van der Waals surface area contributed by atoms with Gasteiger partial charge in [-0.25, -0.2) is 9.97 Å². The second-order valence-corrected chi connectivity index (χ2v) is 6.23. The van der Waals surface area contributed by atoms with Gasteiger partial charge in [-0.3, -0.25) is 9.59 Å². The molecule has 1 N–H and O–H groups in total. The number of nitrogens with zero attached hydrogens (tertiary/aromatic N) is 4. The number of hydrogen-bond acceptors (Lipinski definition) is 6. The number of benzene rings is 1. The first-order chi connectivity index (χ1) is 13.1. The molecule has 2 amide bonds. The highest BCUT2D eigenvalue weighted by Gasteiger charge is 2.24. The van der Waals surface area contributed by atoms with Crippen molar-refractivity contribution in [3.05, 3.63) is 47.8 Å². The second kappa shape index (κ2) is 8.48. The molecule has 0 atom stereocenters. The summed E-state index contributed by atoms with van der Waals surface area (Å²) >= 11 is 0. The van der Waals surface area contributed by atoms with Crippen LogP contribution in [0, 0.1) is 0 Å². The first kappa shape index (κ1) is 18.6. The average molecular weight is 369 g/mol. The monoisotopic (exact) mass is 369 g/mol. The lowest BCUT2D eigenvalue weighted by atomic mass is 10.2. The summed E-state index contributed by atoms with van der Waals surface area (Å²) in [6.07, 6.45) is 1.57. The maximum absolute atomic E-state index is 12.7. The lowest BCUT2D eigenvalue weighted by molar-refractivity contribution is -0.130. The number of rotatable bonds is 5. The molecule has 2 aromatic rings.